The average Bonchev–Trinajstić information content (AvgIpc) is 3.15. The van der Waals surface area contributed by atoms with Crippen molar-refractivity contribution in [2.24, 2.45) is 7.05 Å². The van der Waals surface area contributed by atoms with E-state index in [0.717, 1.165) is 9.69 Å². The lowest BCUT2D eigenvalue weighted by Crippen LogP contribution is -2.39. The molecule has 34 heavy (non-hydrogen) atoms. The van der Waals surface area contributed by atoms with Gasteiger partial charge < -0.3 is 10.1 Å². The van der Waals surface area contributed by atoms with E-state index in [-0.39, 0.29) is 4.90 Å². The molecule has 0 unspecified atom stereocenters. The van der Waals surface area contributed by atoms with Crippen LogP contribution in [0.4, 0.5) is 11.5 Å². The lowest BCUT2D eigenvalue weighted by Gasteiger charge is -2.24. The summed E-state index contributed by atoms with van der Waals surface area (Å²) in [5.41, 5.74) is 1.18. The van der Waals surface area contributed by atoms with Crippen molar-refractivity contribution in [1.29, 1.82) is 0 Å². The zero-order valence-corrected chi connectivity index (χ0v) is 20.0. The van der Waals surface area contributed by atoms with Crippen LogP contribution in [0, 0.1) is 6.92 Å². The third-order valence-corrected chi connectivity index (χ3v) is 7.10. The summed E-state index contributed by atoms with van der Waals surface area (Å²) >= 11 is 0. The van der Waals surface area contributed by atoms with Gasteiger partial charge in [0.25, 0.3) is 10.0 Å². The number of nitrogens with one attached hydrogen (secondary N) is 1. The molecule has 0 radical (unpaired) electrons. The van der Waals surface area contributed by atoms with Crippen LogP contribution in [0.1, 0.15) is 12.6 Å². The molecule has 4 aromatic rings. The molecule has 3 aromatic carbocycles. The van der Waals surface area contributed by atoms with Gasteiger partial charge in [0.15, 0.2) is 0 Å². The molecule has 0 fully saturated rings. The van der Waals surface area contributed by atoms with Gasteiger partial charge in [-0.2, -0.15) is 5.10 Å². The number of aryl methyl sites for hydroxylation is 2. The zero-order chi connectivity index (χ0) is 24.3. The molecule has 1 aromatic heterocycles. The predicted octanol–water partition coefficient (Wildman–Crippen LogP) is 4.11. The van der Waals surface area contributed by atoms with Crippen molar-refractivity contribution in [1.82, 2.24) is 9.78 Å². The van der Waals surface area contributed by atoms with E-state index in [4.69, 9.17) is 4.74 Å². The Hall–Kier alpha value is -3.85. The smallest absolute Gasteiger partial charge is 0.266 e. The molecule has 0 aliphatic heterocycles. The lowest BCUT2D eigenvalue weighted by molar-refractivity contribution is -0.114. The van der Waals surface area contributed by atoms with Crippen molar-refractivity contribution >= 4 is 38.2 Å². The molecule has 0 saturated carbocycles. The van der Waals surface area contributed by atoms with Crippen molar-refractivity contribution in [2.75, 3.05) is 22.8 Å². The number of carbonyl (C=O) groups excluding carboxylic acids is 1. The van der Waals surface area contributed by atoms with Crippen LogP contribution in [0.25, 0.3) is 10.8 Å². The summed E-state index contributed by atoms with van der Waals surface area (Å²) in [4.78, 5) is 13.1. The van der Waals surface area contributed by atoms with Gasteiger partial charge in [-0.3, -0.25) is 9.48 Å². The number of benzene rings is 3. The van der Waals surface area contributed by atoms with E-state index >= 15 is 0 Å². The van der Waals surface area contributed by atoms with Crippen molar-refractivity contribution in [3.63, 3.8) is 0 Å². The van der Waals surface area contributed by atoms with Gasteiger partial charge >= 0.3 is 0 Å². The molecular weight excluding hydrogens is 452 g/mol. The molecule has 4 rings (SSSR count). The normalized spacial score (nSPS) is 11.4. The maximum atomic E-state index is 13.9. The van der Waals surface area contributed by atoms with Crippen molar-refractivity contribution < 1.29 is 17.9 Å². The SMILES string of the molecule is CCOc1ccc(NC(=O)CN(c2cc(C)nn2C)S(=O)(=O)c2cccc3ccccc23)cc1. The van der Waals surface area contributed by atoms with Gasteiger partial charge in [-0.25, -0.2) is 12.7 Å². The summed E-state index contributed by atoms with van der Waals surface area (Å²) < 4.78 is 35.8. The predicted molar refractivity (Wildman–Crippen MR) is 133 cm³/mol. The number of carbonyl (C=O) groups is 1. The number of ether oxygens (including phenoxy) is 1. The second kappa shape index (κ2) is 9.56. The van der Waals surface area contributed by atoms with Gasteiger partial charge in [-0.15, -0.1) is 0 Å². The van der Waals surface area contributed by atoms with E-state index in [1.165, 1.54) is 4.68 Å². The number of sulfonamides is 1. The molecule has 8 nitrogen and oxygen atoms in total. The van der Waals surface area contributed by atoms with Crippen molar-refractivity contribution in [3.8, 4) is 5.75 Å². The average molecular weight is 479 g/mol. The Labute approximate surface area is 198 Å². The van der Waals surface area contributed by atoms with Crippen molar-refractivity contribution in [2.45, 2.75) is 18.7 Å². The number of hydrogen-bond acceptors (Lipinski definition) is 5. The monoisotopic (exact) mass is 478 g/mol. The highest BCUT2D eigenvalue weighted by atomic mass is 32.2. The van der Waals surface area contributed by atoms with Crippen LogP contribution in [-0.4, -0.2) is 37.3 Å². The number of nitrogens with zero attached hydrogens (tertiary/aromatic N) is 3. The Bertz CT molecular complexity index is 1420. The first kappa shape index (κ1) is 23.3. The van der Waals surface area contributed by atoms with E-state index in [9.17, 15) is 13.2 Å². The highest BCUT2D eigenvalue weighted by molar-refractivity contribution is 7.93. The van der Waals surface area contributed by atoms with Gasteiger partial charge in [0.1, 0.15) is 18.1 Å². The minimum Gasteiger partial charge on any atom is -0.494 e. The molecule has 176 valence electrons. The highest BCUT2D eigenvalue weighted by Gasteiger charge is 2.31. The summed E-state index contributed by atoms with van der Waals surface area (Å²) in [5, 5.41) is 8.43. The van der Waals surface area contributed by atoms with Gasteiger partial charge in [0.2, 0.25) is 5.91 Å². The molecule has 0 saturated heterocycles. The van der Waals surface area contributed by atoms with E-state index in [1.807, 2.05) is 25.1 Å². The molecule has 0 spiro atoms. The topological polar surface area (TPSA) is 93.5 Å². The first-order valence-corrected chi connectivity index (χ1v) is 12.3. The van der Waals surface area contributed by atoms with Crippen LogP contribution in [0.15, 0.2) is 77.7 Å². The first-order chi connectivity index (χ1) is 16.3. The molecule has 9 heteroatoms. The van der Waals surface area contributed by atoms with Crippen LogP contribution in [0.3, 0.4) is 0 Å². The van der Waals surface area contributed by atoms with Gasteiger partial charge in [-0.1, -0.05) is 36.4 Å². The fourth-order valence-corrected chi connectivity index (χ4v) is 5.45. The Kier molecular flexibility index (Phi) is 6.56. The molecule has 0 aliphatic carbocycles. The van der Waals surface area contributed by atoms with Crippen LogP contribution >= 0.6 is 0 Å². The summed E-state index contributed by atoms with van der Waals surface area (Å²) in [6, 6.07) is 20.9. The minimum atomic E-state index is -4.10. The summed E-state index contributed by atoms with van der Waals surface area (Å²) in [5.74, 6) is 0.505. The second-order valence-electron chi connectivity index (χ2n) is 7.76. The third-order valence-electron chi connectivity index (χ3n) is 5.29. The fraction of sp³-hybridized carbons (Fsp3) is 0.200. The Morgan fingerprint density at radius 1 is 1.06 bits per heavy atom. The molecule has 0 bridgehead atoms. The number of anilines is 2. The summed E-state index contributed by atoms with van der Waals surface area (Å²) in [6.45, 7) is 3.78. The third kappa shape index (κ3) is 4.74. The van der Waals surface area contributed by atoms with E-state index in [2.05, 4.69) is 10.4 Å². The first-order valence-electron chi connectivity index (χ1n) is 10.8. The van der Waals surface area contributed by atoms with E-state index in [1.54, 1.807) is 68.6 Å². The molecule has 1 heterocycles. The van der Waals surface area contributed by atoms with Crippen LogP contribution in [0.2, 0.25) is 0 Å². The standard InChI is InChI=1S/C25H26N4O4S/c1-4-33-21-14-12-20(13-15-21)26-24(30)17-29(25-16-18(2)27-28(25)3)34(31,32)23-11-7-9-19-8-5-6-10-22(19)23/h5-16H,4,17H2,1-3H3,(H,26,30). The van der Waals surface area contributed by atoms with E-state index < -0.39 is 22.5 Å². The van der Waals surface area contributed by atoms with Crippen LogP contribution in [0.5, 0.6) is 5.75 Å². The Balaban J connectivity index is 1.70. The van der Waals surface area contributed by atoms with E-state index in [0.29, 0.717) is 34.9 Å². The quantitative estimate of drug-likeness (QED) is 0.411. The molecular formula is C25H26N4O4S. The molecule has 1 amide bonds. The van der Waals surface area contributed by atoms with Crippen LogP contribution < -0.4 is 14.4 Å². The van der Waals surface area contributed by atoms with Crippen LogP contribution in [-0.2, 0) is 21.9 Å². The van der Waals surface area contributed by atoms with Gasteiger partial charge in [0, 0.05) is 24.2 Å². The van der Waals surface area contributed by atoms with Gasteiger partial charge in [-0.05, 0) is 49.6 Å². The highest BCUT2D eigenvalue weighted by Crippen LogP contribution is 2.29. The molecule has 0 aliphatic rings. The van der Waals surface area contributed by atoms with Crippen molar-refractivity contribution in [3.05, 3.63) is 78.5 Å². The number of amides is 1. The number of hydrogen-bond donors (Lipinski definition) is 1. The lowest BCUT2D eigenvalue weighted by atomic mass is 10.1. The maximum absolute atomic E-state index is 13.9. The number of aromatic nitrogens is 2. The largest absolute Gasteiger partial charge is 0.494 e. The molecule has 1 N–H and O–H groups in total. The fourth-order valence-electron chi connectivity index (χ4n) is 3.79. The zero-order valence-electron chi connectivity index (χ0n) is 19.2. The Morgan fingerprint density at radius 2 is 1.76 bits per heavy atom. The van der Waals surface area contributed by atoms with Gasteiger partial charge in [0.05, 0.1) is 17.2 Å². The summed E-state index contributed by atoms with van der Waals surface area (Å²) in [6.07, 6.45) is 0. The summed E-state index contributed by atoms with van der Waals surface area (Å²) in [7, 11) is -2.45. The maximum Gasteiger partial charge on any atom is 0.266 e. The number of rotatable bonds is 8. The second-order valence-corrected chi connectivity index (χ2v) is 9.59. The Morgan fingerprint density at radius 3 is 2.44 bits per heavy atom. The molecule has 0 atom stereocenters. The minimum absolute atomic E-state index is 0.123. The number of fused-ring (bicyclic) bond motifs is 1.